The van der Waals surface area contributed by atoms with Crippen molar-refractivity contribution in [3.8, 4) is 5.75 Å². The predicted molar refractivity (Wildman–Crippen MR) is 102 cm³/mol. The minimum Gasteiger partial charge on any atom is -0.484 e. The molecular formula is C21H26N2O3. The molecule has 0 saturated carbocycles. The highest BCUT2D eigenvalue weighted by Crippen LogP contribution is 2.14. The van der Waals surface area contributed by atoms with Crippen molar-refractivity contribution in [2.75, 3.05) is 13.7 Å². The highest BCUT2D eigenvalue weighted by molar-refractivity contribution is 5.87. The fourth-order valence-corrected chi connectivity index (χ4v) is 2.61. The monoisotopic (exact) mass is 354 g/mol. The van der Waals surface area contributed by atoms with E-state index >= 15 is 0 Å². The van der Waals surface area contributed by atoms with Crippen molar-refractivity contribution in [3.63, 3.8) is 0 Å². The summed E-state index contributed by atoms with van der Waals surface area (Å²) < 4.78 is 5.63. The van der Waals surface area contributed by atoms with Crippen molar-refractivity contribution in [1.82, 2.24) is 10.2 Å². The number of nitrogens with zero attached hydrogens (tertiary/aromatic N) is 1. The van der Waals surface area contributed by atoms with E-state index in [1.165, 1.54) is 0 Å². The molecule has 0 heterocycles. The molecule has 0 spiro atoms. The Morgan fingerprint density at radius 3 is 2.38 bits per heavy atom. The molecule has 0 aromatic heterocycles. The van der Waals surface area contributed by atoms with Crippen LogP contribution in [0.3, 0.4) is 0 Å². The predicted octanol–water partition coefficient (Wildman–Crippen LogP) is 2.85. The number of hydrogen-bond acceptors (Lipinski definition) is 3. The Labute approximate surface area is 155 Å². The lowest BCUT2D eigenvalue weighted by molar-refractivity contribution is -0.142. The summed E-state index contributed by atoms with van der Waals surface area (Å²) in [4.78, 5) is 26.4. The minimum absolute atomic E-state index is 0.114. The Morgan fingerprint density at radius 1 is 1.08 bits per heavy atom. The Morgan fingerprint density at radius 2 is 1.77 bits per heavy atom. The van der Waals surface area contributed by atoms with Crippen LogP contribution in [0.2, 0.25) is 0 Å². The number of aryl methyl sites for hydroxylation is 2. The number of nitrogens with one attached hydrogen (secondary N) is 1. The van der Waals surface area contributed by atoms with Gasteiger partial charge in [-0.25, -0.2) is 0 Å². The van der Waals surface area contributed by atoms with Crippen LogP contribution in [-0.2, 0) is 16.1 Å². The molecule has 2 amide bonds. The van der Waals surface area contributed by atoms with Crippen molar-refractivity contribution in [1.29, 1.82) is 0 Å². The number of ether oxygens (including phenoxy) is 1. The molecular weight excluding hydrogens is 328 g/mol. The molecule has 2 aromatic carbocycles. The van der Waals surface area contributed by atoms with E-state index in [1.54, 1.807) is 18.9 Å². The number of benzene rings is 2. The van der Waals surface area contributed by atoms with Gasteiger partial charge in [0, 0.05) is 13.6 Å². The van der Waals surface area contributed by atoms with Crippen LogP contribution in [-0.4, -0.2) is 36.4 Å². The van der Waals surface area contributed by atoms with E-state index in [1.807, 2.05) is 62.4 Å². The zero-order valence-corrected chi connectivity index (χ0v) is 15.8. The van der Waals surface area contributed by atoms with Crippen LogP contribution >= 0.6 is 0 Å². The smallest absolute Gasteiger partial charge is 0.261 e. The minimum atomic E-state index is -0.588. The maximum absolute atomic E-state index is 12.8. The van der Waals surface area contributed by atoms with E-state index in [9.17, 15) is 9.59 Å². The summed E-state index contributed by atoms with van der Waals surface area (Å²) in [7, 11) is 1.57. The van der Waals surface area contributed by atoms with Gasteiger partial charge in [0.25, 0.3) is 5.91 Å². The molecule has 0 aliphatic carbocycles. The normalized spacial score (nSPS) is 11.5. The lowest BCUT2D eigenvalue weighted by atomic mass is 10.1. The van der Waals surface area contributed by atoms with Gasteiger partial charge >= 0.3 is 0 Å². The van der Waals surface area contributed by atoms with E-state index in [0.717, 1.165) is 16.7 Å². The van der Waals surface area contributed by atoms with Gasteiger partial charge in [-0.3, -0.25) is 9.59 Å². The highest BCUT2D eigenvalue weighted by atomic mass is 16.5. The average molecular weight is 354 g/mol. The van der Waals surface area contributed by atoms with E-state index in [4.69, 9.17) is 4.74 Å². The SMILES string of the molecule is CNC(=O)C(C)N(Cc1ccc(C)cc1)C(=O)COc1cccc(C)c1. The van der Waals surface area contributed by atoms with Crippen molar-refractivity contribution >= 4 is 11.8 Å². The maximum Gasteiger partial charge on any atom is 0.261 e. The molecule has 2 aromatic rings. The zero-order chi connectivity index (χ0) is 19.1. The standard InChI is InChI=1S/C21H26N2O3/c1-15-8-10-18(11-9-15)13-23(17(3)21(25)22-4)20(24)14-26-19-7-5-6-16(2)12-19/h5-12,17H,13-14H2,1-4H3,(H,22,25). The van der Waals surface area contributed by atoms with Crippen LogP contribution in [0.4, 0.5) is 0 Å². The Kier molecular flexibility index (Phi) is 6.78. The molecule has 5 nitrogen and oxygen atoms in total. The fraction of sp³-hybridized carbons (Fsp3) is 0.333. The van der Waals surface area contributed by atoms with Crippen molar-refractivity contribution < 1.29 is 14.3 Å². The first kappa shape index (κ1) is 19.5. The Bertz CT molecular complexity index is 756. The van der Waals surface area contributed by atoms with Crippen LogP contribution in [0.5, 0.6) is 5.75 Å². The van der Waals surface area contributed by atoms with Crippen molar-refractivity contribution in [3.05, 3.63) is 65.2 Å². The van der Waals surface area contributed by atoms with Crippen molar-refractivity contribution in [2.24, 2.45) is 0 Å². The first-order chi connectivity index (χ1) is 12.4. The molecule has 0 bridgehead atoms. The molecule has 0 aliphatic rings. The molecule has 5 heteroatoms. The van der Waals surface area contributed by atoms with E-state index in [-0.39, 0.29) is 18.4 Å². The van der Waals surface area contributed by atoms with Gasteiger partial charge in [-0.15, -0.1) is 0 Å². The number of amides is 2. The first-order valence-corrected chi connectivity index (χ1v) is 8.66. The zero-order valence-electron chi connectivity index (χ0n) is 15.8. The number of hydrogen-bond donors (Lipinski definition) is 1. The Hall–Kier alpha value is -2.82. The van der Waals surface area contributed by atoms with Gasteiger partial charge in [-0.2, -0.15) is 0 Å². The lowest BCUT2D eigenvalue weighted by Gasteiger charge is -2.28. The van der Waals surface area contributed by atoms with E-state index < -0.39 is 6.04 Å². The summed E-state index contributed by atoms with van der Waals surface area (Å²) >= 11 is 0. The van der Waals surface area contributed by atoms with Crippen LogP contribution < -0.4 is 10.1 Å². The summed E-state index contributed by atoms with van der Waals surface area (Å²) in [6.07, 6.45) is 0. The maximum atomic E-state index is 12.8. The molecule has 26 heavy (non-hydrogen) atoms. The molecule has 1 N–H and O–H groups in total. The number of carbonyl (C=O) groups is 2. The molecule has 1 atom stereocenters. The molecule has 0 fully saturated rings. The van der Waals surface area contributed by atoms with Gasteiger partial charge < -0.3 is 15.0 Å². The summed E-state index contributed by atoms with van der Waals surface area (Å²) in [5.41, 5.74) is 3.18. The van der Waals surface area contributed by atoms with Gasteiger partial charge in [0.15, 0.2) is 6.61 Å². The first-order valence-electron chi connectivity index (χ1n) is 8.66. The van der Waals surface area contributed by atoms with Crippen LogP contribution in [0, 0.1) is 13.8 Å². The second-order valence-electron chi connectivity index (χ2n) is 6.40. The quantitative estimate of drug-likeness (QED) is 0.832. The third kappa shape index (κ3) is 5.34. The topological polar surface area (TPSA) is 58.6 Å². The van der Waals surface area contributed by atoms with Gasteiger partial charge in [-0.1, -0.05) is 42.0 Å². The highest BCUT2D eigenvalue weighted by Gasteiger charge is 2.25. The van der Waals surface area contributed by atoms with Crippen LogP contribution in [0.1, 0.15) is 23.6 Å². The van der Waals surface area contributed by atoms with Gasteiger partial charge in [0.05, 0.1) is 0 Å². The fourth-order valence-electron chi connectivity index (χ4n) is 2.61. The summed E-state index contributed by atoms with van der Waals surface area (Å²) in [5, 5.41) is 2.60. The molecule has 0 saturated heterocycles. The average Bonchev–Trinajstić information content (AvgIpc) is 2.64. The second kappa shape index (κ2) is 9.04. The largest absolute Gasteiger partial charge is 0.484 e. The number of carbonyl (C=O) groups excluding carboxylic acids is 2. The molecule has 0 radical (unpaired) electrons. The third-order valence-electron chi connectivity index (χ3n) is 4.24. The molecule has 1 unspecified atom stereocenters. The van der Waals surface area contributed by atoms with Gasteiger partial charge in [0.1, 0.15) is 11.8 Å². The number of rotatable bonds is 7. The molecule has 2 rings (SSSR count). The third-order valence-corrected chi connectivity index (χ3v) is 4.24. The molecule has 0 aliphatic heterocycles. The van der Waals surface area contributed by atoms with Crippen LogP contribution in [0.25, 0.3) is 0 Å². The number of likely N-dealkylation sites (N-methyl/N-ethyl adjacent to an activating group) is 1. The van der Waals surface area contributed by atoms with Gasteiger partial charge in [0.2, 0.25) is 5.91 Å². The summed E-state index contributed by atoms with van der Waals surface area (Å²) in [6.45, 7) is 5.93. The summed E-state index contributed by atoms with van der Waals surface area (Å²) in [6, 6.07) is 14.9. The van der Waals surface area contributed by atoms with Gasteiger partial charge in [-0.05, 0) is 44.0 Å². The van der Waals surface area contributed by atoms with E-state index in [0.29, 0.717) is 12.3 Å². The second-order valence-corrected chi connectivity index (χ2v) is 6.40. The summed E-state index contributed by atoms with van der Waals surface area (Å²) in [5.74, 6) is 0.199. The van der Waals surface area contributed by atoms with Crippen LogP contribution in [0.15, 0.2) is 48.5 Å². The van der Waals surface area contributed by atoms with E-state index in [2.05, 4.69) is 5.32 Å². The van der Waals surface area contributed by atoms with Crippen molar-refractivity contribution in [2.45, 2.75) is 33.4 Å². The lowest BCUT2D eigenvalue weighted by Crippen LogP contribution is -2.48. The Balaban J connectivity index is 2.12. The molecule has 138 valence electrons.